The maximum atomic E-state index is 12.8. The molecule has 7 heteroatoms. The van der Waals surface area contributed by atoms with Gasteiger partial charge in [0, 0.05) is 12.1 Å². The van der Waals surface area contributed by atoms with Crippen LogP contribution in [0.1, 0.15) is 0 Å². The van der Waals surface area contributed by atoms with Gasteiger partial charge in [0.25, 0.3) is 0 Å². The van der Waals surface area contributed by atoms with E-state index in [9.17, 15) is 21.6 Å². The van der Waals surface area contributed by atoms with Crippen LogP contribution in [0, 0.1) is 24.6 Å². The molecule has 14 heavy (non-hydrogen) atoms. The third kappa shape index (κ3) is 1.88. The van der Waals surface area contributed by atoms with Crippen molar-refractivity contribution in [1.29, 1.82) is 0 Å². The highest BCUT2D eigenvalue weighted by Crippen LogP contribution is 2.21. The number of halogens is 3. The second-order valence-corrected chi connectivity index (χ2v) is 3.82. The normalized spacial score (nSPS) is 11.7. The number of rotatable bonds is 2. The molecule has 1 radical (unpaired) electrons. The first-order valence-electron chi connectivity index (χ1n) is 3.21. The van der Waals surface area contributed by atoms with Crippen molar-refractivity contribution in [1.82, 2.24) is 0 Å². The summed E-state index contributed by atoms with van der Waals surface area (Å²) in [6, 6.07) is 0.462. The van der Waals surface area contributed by atoms with Gasteiger partial charge in [0.1, 0.15) is 17.5 Å². The summed E-state index contributed by atoms with van der Waals surface area (Å²) in [6.07, 6.45) is 0. The van der Waals surface area contributed by atoms with Crippen molar-refractivity contribution in [3.63, 3.8) is 0 Å². The van der Waals surface area contributed by atoms with E-state index in [-0.39, 0.29) is 12.1 Å². The molecular formula is C7H4F3O3S. The van der Waals surface area contributed by atoms with E-state index in [2.05, 4.69) is 11.3 Å². The van der Waals surface area contributed by atoms with Crippen molar-refractivity contribution in [2.45, 2.75) is 4.90 Å². The average Bonchev–Trinajstić information content (AvgIpc) is 2.01. The zero-order valence-corrected chi connectivity index (χ0v) is 7.45. The maximum absolute atomic E-state index is 12.8. The molecule has 0 bridgehead atoms. The topological polar surface area (TPSA) is 43.4 Å². The first kappa shape index (κ1) is 11.0. The predicted octanol–water partition coefficient (Wildman–Crippen LogP) is 1.60. The van der Waals surface area contributed by atoms with Crippen molar-refractivity contribution < 1.29 is 25.8 Å². The summed E-state index contributed by atoms with van der Waals surface area (Å²) < 4.78 is 63.4. The lowest BCUT2D eigenvalue weighted by molar-refractivity contribution is 0.419. The van der Waals surface area contributed by atoms with Gasteiger partial charge in [0.15, 0.2) is 4.90 Å². The highest BCUT2D eigenvalue weighted by atomic mass is 32.2. The van der Waals surface area contributed by atoms with Gasteiger partial charge in [-0.25, -0.2) is 13.2 Å². The Morgan fingerprint density at radius 1 is 1.14 bits per heavy atom. The molecule has 1 aromatic carbocycles. The Morgan fingerprint density at radius 3 is 1.93 bits per heavy atom. The Hall–Kier alpha value is -1.08. The lowest BCUT2D eigenvalue weighted by Crippen LogP contribution is -2.08. The van der Waals surface area contributed by atoms with Gasteiger partial charge in [0.05, 0.1) is 7.11 Å². The molecule has 0 aliphatic rings. The van der Waals surface area contributed by atoms with Crippen LogP contribution in [0.15, 0.2) is 17.0 Å². The fourth-order valence-electron chi connectivity index (χ4n) is 0.827. The second-order valence-electron chi connectivity index (χ2n) is 2.27. The van der Waals surface area contributed by atoms with Crippen molar-refractivity contribution in [2.75, 3.05) is 0 Å². The van der Waals surface area contributed by atoms with E-state index < -0.39 is 32.5 Å². The predicted molar refractivity (Wildman–Crippen MR) is 39.9 cm³/mol. The zero-order chi connectivity index (χ0) is 10.9. The summed E-state index contributed by atoms with van der Waals surface area (Å²) in [7, 11) is -2.08. The van der Waals surface area contributed by atoms with Crippen LogP contribution < -0.4 is 0 Å². The molecule has 0 aliphatic heterocycles. The molecule has 0 unspecified atom stereocenters. The third-order valence-electron chi connectivity index (χ3n) is 1.37. The number of hydrogen-bond donors (Lipinski definition) is 0. The minimum Gasteiger partial charge on any atom is -0.264 e. The summed E-state index contributed by atoms with van der Waals surface area (Å²) in [4.78, 5) is -1.35. The molecule has 0 spiro atoms. The van der Waals surface area contributed by atoms with E-state index in [1.807, 2.05) is 0 Å². The van der Waals surface area contributed by atoms with Crippen LogP contribution in [0.25, 0.3) is 0 Å². The highest BCUT2D eigenvalue weighted by Gasteiger charge is 2.24. The zero-order valence-electron chi connectivity index (χ0n) is 6.63. The fraction of sp³-hybridized carbons (Fsp3) is 0. The van der Waals surface area contributed by atoms with E-state index in [1.54, 1.807) is 0 Å². The summed E-state index contributed by atoms with van der Waals surface area (Å²) >= 11 is 0. The van der Waals surface area contributed by atoms with E-state index in [1.165, 1.54) is 0 Å². The molecular weight excluding hydrogens is 221 g/mol. The smallest absolute Gasteiger partial charge is 0.264 e. The lowest BCUT2D eigenvalue weighted by Gasteiger charge is -2.03. The van der Waals surface area contributed by atoms with Crippen molar-refractivity contribution in [3.8, 4) is 0 Å². The molecule has 1 aromatic rings. The fourth-order valence-corrected chi connectivity index (χ4v) is 1.54. The van der Waals surface area contributed by atoms with Gasteiger partial charge in [-0.05, 0) is 0 Å². The molecule has 0 aromatic heterocycles. The summed E-state index contributed by atoms with van der Waals surface area (Å²) in [5.41, 5.74) is 0. The first-order valence-corrected chi connectivity index (χ1v) is 4.62. The molecule has 1 rings (SSSR count). The van der Waals surface area contributed by atoms with Gasteiger partial charge < -0.3 is 0 Å². The molecule has 0 heterocycles. The Labute approximate surface area is 78.2 Å². The molecule has 0 aliphatic carbocycles. The molecule has 0 fully saturated rings. The minimum atomic E-state index is -4.60. The molecule has 0 amide bonds. The highest BCUT2D eigenvalue weighted by molar-refractivity contribution is 7.86. The number of benzene rings is 1. The molecule has 0 saturated carbocycles. The molecule has 0 saturated heterocycles. The minimum absolute atomic E-state index is 0.231. The van der Waals surface area contributed by atoms with Gasteiger partial charge in [0.2, 0.25) is 0 Å². The van der Waals surface area contributed by atoms with Crippen LogP contribution in [0.3, 0.4) is 0 Å². The Kier molecular flexibility index (Phi) is 2.81. The van der Waals surface area contributed by atoms with Crippen LogP contribution in [0.2, 0.25) is 0 Å². The number of hydrogen-bond acceptors (Lipinski definition) is 3. The van der Waals surface area contributed by atoms with E-state index in [0.717, 1.165) is 0 Å². The van der Waals surface area contributed by atoms with Crippen LogP contribution in [-0.2, 0) is 14.3 Å². The van der Waals surface area contributed by atoms with Crippen LogP contribution >= 0.6 is 0 Å². The first-order chi connectivity index (χ1) is 6.38. The Morgan fingerprint density at radius 2 is 1.57 bits per heavy atom. The van der Waals surface area contributed by atoms with E-state index >= 15 is 0 Å². The van der Waals surface area contributed by atoms with Gasteiger partial charge in [-0.2, -0.15) is 8.42 Å². The molecule has 0 atom stereocenters. The molecule has 0 N–H and O–H groups in total. The monoisotopic (exact) mass is 225 g/mol. The van der Waals surface area contributed by atoms with Crippen molar-refractivity contribution >= 4 is 10.1 Å². The average molecular weight is 225 g/mol. The van der Waals surface area contributed by atoms with E-state index in [0.29, 0.717) is 0 Å². The second kappa shape index (κ2) is 3.58. The SMILES string of the molecule is [CH2]OS(=O)(=O)c1c(F)cc(F)cc1F. The van der Waals surface area contributed by atoms with Crippen molar-refractivity contribution in [2.24, 2.45) is 0 Å². The Bertz CT molecular complexity index is 432. The van der Waals surface area contributed by atoms with Crippen LogP contribution in [-0.4, -0.2) is 8.42 Å². The quantitative estimate of drug-likeness (QED) is 0.718. The van der Waals surface area contributed by atoms with Crippen LogP contribution in [0.5, 0.6) is 0 Å². The van der Waals surface area contributed by atoms with Crippen molar-refractivity contribution in [3.05, 3.63) is 36.7 Å². The van der Waals surface area contributed by atoms with E-state index in [4.69, 9.17) is 0 Å². The standard InChI is InChI=1S/C7H4F3O3S/c1-13-14(11,12)7-5(9)2-4(8)3-6(7)10/h2-3H,1H2. The van der Waals surface area contributed by atoms with Gasteiger partial charge >= 0.3 is 10.1 Å². The lowest BCUT2D eigenvalue weighted by atomic mass is 10.3. The molecule has 77 valence electrons. The summed E-state index contributed by atoms with van der Waals surface area (Å²) in [5, 5.41) is 0. The van der Waals surface area contributed by atoms with Crippen LogP contribution in [0.4, 0.5) is 13.2 Å². The molecule has 3 nitrogen and oxygen atoms in total. The van der Waals surface area contributed by atoms with Gasteiger partial charge in [-0.1, -0.05) is 0 Å². The van der Waals surface area contributed by atoms with Gasteiger partial charge in [-0.15, -0.1) is 0 Å². The third-order valence-corrected chi connectivity index (χ3v) is 2.57. The summed E-state index contributed by atoms with van der Waals surface area (Å²) in [6.45, 7) is 0. The van der Waals surface area contributed by atoms with Gasteiger partial charge in [-0.3, -0.25) is 4.18 Å². The largest absolute Gasteiger partial charge is 0.302 e. The summed E-state index contributed by atoms with van der Waals surface area (Å²) in [5.74, 6) is -4.35. The maximum Gasteiger partial charge on any atom is 0.302 e. The Balaban J connectivity index is 3.51.